The topological polar surface area (TPSA) is 99.8 Å². The predicted molar refractivity (Wildman–Crippen MR) is 112 cm³/mol. The number of hydrogen-bond acceptors (Lipinski definition) is 6. The molecule has 0 spiro atoms. The van der Waals surface area contributed by atoms with Gasteiger partial charge in [-0.05, 0) is 36.4 Å². The quantitative estimate of drug-likeness (QED) is 0.739. The molecular formula is C20H17N3O4S2. The summed E-state index contributed by atoms with van der Waals surface area (Å²) in [5, 5.41) is 8.97. The molecule has 2 aromatic carbocycles. The van der Waals surface area contributed by atoms with Crippen LogP contribution in [0.25, 0.3) is 0 Å². The van der Waals surface area contributed by atoms with Gasteiger partial charge in [0.05, 0.1) is 23.6 Å². The number of ether oxygens (including phenoxy) is 1. The Morgan fingerprint density at radius 1 is 1.14 bits per heavy atom. The van der Waals surface area contributed by atoms with Gasteiger partial charge in [-0.15, -0.1) is 0 Å². The minimum atomic E-state index is -3.14. The zero-order valence-electron chi connectivity index (χ0n) is 15.3. The Hall–Kier alpha value is -2.83. The first-order valence-corrected chi connectivity index (χ1v) is 11.6. The number of amidine groups is 1. The van der Waals surface area contributed by atoms with Crippen LogP contribution in [0.1, 0.15) is 6.42 Å². The Morgan fingerprint density at radius 3 is 2.52 bits per heavy atom. The number of carbonyl (C=O) groups excluding carboxylic acids is 1. The maximum absolute atomic E-state index is 12.1. The van der Waals surface area contributed by atoms with Gasteiger partial charge in [0.1, 0.15) is 17.9 Å². The molecule has 29 heavy (non-hydrogen) atoms. The van der Waals surface area contributed by atoms with Gasteiger partial charge in [0.15, 0.2) is 15.0 Å². The number of hydrogen-bond donors (Lipinski definition) is 0. The number of nitrogens with zero attached hydrogens (tertiary/aromatic N) is 3. The number of thioether (sulfide) groups is 1. The van der Waals surface area contributed by atoms with Crippen molar-refractivity contribution < 1.29 is 17.9 Å². The minimum absolute atomic E-state index is 0.0123. The molecule has 2 saturated heterocycles. The van der Waals surface area contributed by atoms with Crippen molar-refractivity contribution in [2.24, 2.45) is 4.99 Å². The summed E-state index contributed by atoms with van der Waals surface area (Å²) in [6.07, 6.45) is -0.310. The van der Waals surface area contributed by atoms with Crippen LogP contribution in [0.15, 0.2) is 59.6 Å². The third kappa shape index (κ3) is 4.28. The molecule has 0 aromatic heterocycles. The summed E-state index contributed by atoms with van der Waals surface area (Å²) in [5.41, 5.74) is 0.728. The van der Waals surface area contributed by atoms with Crippen LogP contribution in [-0.4, -0.2) is 42.3 Å². The molecule has 2 atom stereocenters. The molecule has 1 amide bonds. The predicted octanol–water partition coefficient (Wildman–Crippen LogP) is 2.99. The van der Waals surface area contributed by atoms with Crippen LogP contribution in [-0.2, 0) is 14.6 Å². The number of sulfone groups is 1. The summed E-state index contributed by atoms with van der Waals surface area (Å²) in [7, 11) is -3.14. The zero-order chi connectivity index (χ0) is 20.4. The number of fused-ring (bicyclic) bond motifs is 1. The second kappa shape index (κ2) is 7.89. The van der Waals surface area contributed by atoms with E-state index in [0.29, 0.717) is 16.7 Å². The SMILES string of the molecule is N#CCC(=O)N=C1S[C@H]2CS(=O)(=O)C[C@H]2N1c1ccc(Oc2ccccc2)cc1. The summed E-state index contributed by atoms with van der Waals surface area (Å²) in [6, 6.07) is 18.1. The minimum Gasteiger partial charge on any atom is -0.457 e. The van der Waals surface area contributed by atoms with Crippen molar-refractivity contribution in [2.45, 2.75) is 17.7 Å². The average Bonchev–Trinajstić information content (AvgIpc) is 3.14. The monoisotopic (exact) mass is 427 g/mol. The first-order valence-electron chi connectivity index (χ1n) is 8.93. The van der Waals surface area contributed by atoms with Gasteiger partial charge in [0, 0.05) is 10.9 Å². The Morgan fingerprint density at radius 2 is 1.83 bits per heavy atom. The standard InChI is InChI=1S/C20H17N3O4S2/c21-11-10-19(24)22-20-23(17-12-29(25,26)13-18(17)28-20)14-6-8-16(9-7-14)27-15-4-2-1-3-5-15/h1-9,17-18H,10,12-13H2/t17-,18+/m1/s1. The first kappa shape index (κ1) is 19.5. The fourth-order valence-electron chi connectivity index (χ4n) is 3.38. The number of benzene rings is 2. The van der Waals surface area contributed by atoms with E-state index in [-0.39, 0.29) is 29.2 Å². The lowest BCUT2D eigenvalue weighted by atomic mass is 10.2. The molecule has 2 aromatic rings. The number of amides is 1. The van der Waals surface area contributed by atoms with Gasteiger partial charge >= 0.3 is 0 Å². The molecular weight excluding hydrogens is 410 g/mol. The van der Waals surface area contributed by atoms with Gasteiger partial charge in [-0.3, -0.25) is 4.79 Å². The van der Waals surface area contributed by atoms with Gasteiger partial charge in [-0.1, -0.05) is 30.0 Å². The van der Waals surface area contributed by atoms with Crippen molar-refractivity contribution in [3.8, 4) is 17.6 Å². The van der Waals surface area contributed by atoms with Crippen molar-refractivity contribution >= 4 is 38.4 Å². The number of aliphatic imine (C=N–C) groups is 1. The normalized spacial score (nSPS) is 23.6. The Bertz CT molecular complexity index is 1090. The second-order valence-corrected chi connectivity index (χ2v) is 10.1. The van der Waals surface area contributed by atoms with E-state index in [9.17, 15) is 13.2 Å². The number of nitriles is 1. The summed E-state index contributed by atoms with van der Waals surface area (Å²) in [4.78, 5) is 17.7. The number of para-hydroxylation sites is 1. The van der Waals surface area contributed by atoms with Gasteiger partial charge in [0.2, 0.25) is 0 Å². The van der Waals surface area contributed by atoms with E-state index in [1.54, 1.807) is 23.1 Å². The molecule has 0 N–H and O–H groups in total. The third-order valence-electron chi connectivity index (χ3n) is 4.61. The maximum Gasteiger partial charge on any atom is 0.262 e. The van der Waals surface area contributed by atoms with E-state index in [1.165, 1.54) is 11.8 Å². The molecule has 0 unspecified atom stereocenters. The average molecular weight is 428 g/mol. The van der Waals surface area contributed by atoms with Crippen LogP contribution >= 0.6 is 11.8 Å². The molecule has 0 saturated carbocycles. The Balaban J connectivity index is 1.62. The highest BCUT2D eigenvalue weighted by Crippen LogP contribution is 2.41. The van der Waals surface area contributed by atoms with E-state index >= 15 is 0 Å². The molecule has 148 valence electrons. The van der Waals surface area contributed by atoms with Gasteiger partial charge in [-0.25, -0.2) is 8.42 Å². The number of carbonyl (C=O) groups is 1. The highest BCUT2D eigenvalue weighted by Gasteiger charge is 2.49. The Labute approximate surface area is 172 Å². The number of rotatable bonds is 4. The van der Waals surface area contributed by atoms with Crippen LogP contribution in [0.2, 0.25) is 0 Å². The lowest BCUT2D eigenvalue weighted by Gasteiger charge is -2.24. The van der Waals surface area contributed by atoms with Crippen molar-refractivity contribution in [2.75, 3.05) is 16.4 Å². The summed E-state index contributed by atoms with van der Waals surface area (Å²) in [5.74, 6) is 0.884. The lowest BCUT2D eigenvalue weighted by molar-refractivity contribution is -0.116. The van der Waals surface area contributed by atoms with E-state index in [4.69, 9.17) is 10.00 Å². The zero-order valence-corrected chi connectivity index (χ0v) is 16.9. The Kier molecular flexibility index (Phi) is 5.30. The third-order valence-corrected chi connectivity index (χ3v) is 7.82. The molecule has 4 rings (SSSR count). The van der Waals surface area contributed by atoms with Crippen LogP contribution in [0.4, 0.5) is 5.69 Å². The van der Waals surface area contributed by atoms with Crippen molar-refractivity contribution in [3.63, 3.8) is 0 Å². The molecule has 2 fully saturated rings. The van der Waals surface area contributed by atoms with Gasteiger partial charge in [0.25, 0.3) is 5.91 Å². The summed E-state index contributed by atoms with van der Waals surface area (Å²) in [6.45, 7) is 0. The van der Waals surface area contributed by atoms with Gasteiger partial charge in [-0.2, -0.15) is 10.3 Å². The molecule has 9 heteroatoms. The van der Waals surface area contributed by atoms with Crippen LogP contribution < -0.4 is 9.64 Å². The molecule has 0 aliphatic carbocycles. The fraction of sp³-hybridized carbons (Fsp3) is 0.250. The lowest BCUT2D eigenvalue weighted by Crippen LogP contribution is -2.37. The molecule has 2 aliphatic heterocycles. The molecule has 0 bridgehead atoms. The fourth-order valence-corrected chi connectivity index (χ4v) is 7.31. The molecule has 2 aliphatic rings. The van der Waals surface area contributed by atoms with E-state index in [0.717, 1.165) is 5.69 Å². The highest BCUT2D eigenvalue weighted by molar-refractivity contribution is 8.16. The van der Waals surface area contributed by atoms with Crippen molar-refractivity contribution in [1.82, 2.24) is 0 Å². The van der Waals surface area contributed by atoms with Gasteiger partial charge < -0.3 is 9.64 Å². The van der Waals surface area contributed by atoms with Crippen molar-refractivity contribution in [1.29, 1.82) is 5.26 Å². The summed E-state index contributed by atoms with van der Waals surface area (Å²) < 4.78 is 30.0. The largest absolute Gasteiger partial charge is 0.457 e. The van der Waals surface area contributed by atoms with Crippen molar-refractivity contribution in [3.05, 3.63) is 54.6 Å². The summed E-state index contributed by atoms with van der Waals surface area (Å²) >= 11 is 1.28. The van der Waals surface area contributed by atoms with E-state index < -0.39 is 15.7 Å². The first-order chi connectivity index (χ1) is 13.9. The van der Waals surface area contributed by atoms with Crippen LogP contribution in [0.5, 0.6) is 11.5 Å². The molecule has 2 heterocycles. The molecule has 0 radical (unpaired) electrons. The highest BCUT2D eigenvalue weighted by atomic mass is 32.2. The van der Waals surface area contributed by atoms with E-state index in [2.05, 4.69) is 4.99 Å². The van der Waals surface area contributed by atoms with Crippen LogP contribution in [0, 0.1) is 11.3 Å². The van der Waals surface area contributed by atoms with Crippen LogP contribution in [0.3, 0.4) is 0 Å². The second-order valence-electron chi connectivity index (χ2n) is 6.70. The maximum atomic E-state index is 12.1. The smallest absolute Gasteiger partial charge is 0.262 e. The molecule has 7 nitrogen and oxygen atoms in total. The number of anilines is 1. The van der Waals surface area contributed by atoms with E-state index in [1.807, 2.05) is 42.5 Å².